The van der Waals surface area contributed by atoms with E-state index in [1.54, 1.807) is 13.2 Å². The molecule has 5 heteroatoms. The standard InChI is InChI=1S/C14H17N3O2/c1-10(18)17-6-4-11(5-7-17)12-9-13(16-15-12)14-3-2-8-19-14/h2-3,8-9,11H,4-7H2,1H3,(H,15,16). The van der Waals surface area contributed by atoms with Gasteiger partial charge in [0.25, 0.3) is 0 Å². The summed E-state index contributed by atoms with van der Waals surface area (Å²) in [5, 5.41) is 7.38. The molecular formula is C14H17N3O2. The maximum absolute atomic E-state index is 11.3. The lowest BCUT2D eigenvalue weighted by Crippen LogP contribution is -2.36. The molecule has 0 bridgehead atoms. The fraction of sp³-hybridized carbons (Fsp3) is 0.429. The van der Waals surface area contributed by atoms with Gasteiger partial charge in [-0.05, 0) is 31.0 Å². The van der Waals surface area contributed by atoms with Crippen molar-refractivity contribution in [1.29, 1.82) is 0 Å². The van der Waals surface area contributed by atoms with Crippen LogP contribution >= 0.6 is 0 Å². The monoisotopic (exact) mass is 259 g/mol. The molecule has 1 saturated heterocycles. The number of hydrogen-bond donors (Lipinski definition) is 1. The maximum Gasteiger partial charge on any atom is 0.219 e. The molecule has 0 aromatic carbocycles. The summed E-state index contributed by atoms with van der Waals surface area (Å²) < 4.78 is 5.33. The van der Waals surface area contributed by atoms with Crippen LogP contribution in [0.25, 0.3) is 11.5 Å². The van der Waals surface area contributed by atoms with Crippen LogP contribution in [0.5, 0.6) is 0 Å². The highest BCUT2D eigenvalue weighted by atomic mass is 16.3. The van der Waals surface area contributed by atoms with Crippen LogP contribution in [0.3, 0.4) is 0 Å². The summed E-state index contributed by atoms with van der Waals surface area (Å²) >= 11 is 0. The van der Waals surface area contributed by atoms with Gasteiger partial charge in [0, 0.05) is 31.6 Å². The van der Waals surface area contributed by atoms with Gasteiger partial charge in [0.1, 0.15) is 5.69 Å². The Labute approximate surface area is 111 Å². The van der Waals surface area contributed by atoms with E-state index in [9.17, 15) is 4.79 Å². The second kappa shape index (κ2) is 4.91. The van der Waals surface area contributed by atoms with Crippen molar-refractivity contribution < 1.29 is 9.21 Å². The highest BCUT2D eigenvalue weighted by Gasteiger charge is 2.23. The van der Waals surface area contributed by atoms with Crippen molar-refractivity contribution in [1.82, 2.24) is 15.1 Å². The summed E-state index contributed by atoms with van der Waals surface area (Å²) in [5.41, 5.74) is 1.98. The van der Waals surface area contributed by atoms with Gasteiger partial charge in [-0.1, -0.05) is 0 Å². The first-order chi connectivity index (χ1) is 9.24. The number of piperidine rings is 1. The van der Waals surface area contributed by atoms with Gasteiger partial charge in [0.2, 0.25) is 5.91 Å². The topological polar surface area (TPSA) is 62.1 Å². The van der Waals surface area contributed by atoms with Crippen LogP contribution in [0, 0.1) is 0 Å². The molecule has 0 atom stereocenters. The number of rotatable bonds is 2. The van der Waals surface area contributed by atoms with Crippen molar-refractivity contribution in [3.05, 3.63) is 30.2 Å². The van der Waals surface area contributed by atoms with Crippen LogP contribution in [0.2, 0.25) is 0 Å². The number of carbonyl (C=O) groups excluding carboxylic acids is 1. The number of nitrogens with one attached hydrogen (secondary N) is 1. The van der Waals surface area contributed by atoms with Gasteiger partial charge in [-0.15, -0.1) is 0 Å². The first-order valence-corrected chi connectivity index (χ1v) is 6.59. The molecule has 0 unspecified atom stereocenters. The predicted molar refractivity (Wildman–Crippen MR) is 70.5 cm³/mol. The third-order valence-electron chi connectivity index (χ3n) is 3.75. The molecule has 100 valence electrons. The maximum atomic E-state index is 11.3. The molecule has 1 amide bonds. The summed E-state index contributed by atoms with van der Waals surface area (Å²) in [6, 6.07) is 5.81. The molecule has 5 nitrogen and oxygen atoms in total. The van der Waals surface area contributed by atoms with Gasteiger partial charge in [-0.3, -0.25) is 9.89 Å². The van der Waals surface area contributed by atoms with Crippen molar-refractivity contribution in [2.24, 2.45) is 0 Å². The van der Waals surface area contributed by atoms with Gasteiger partial charge < -0.3 is 9.32 Å². The zero-order chi connectivity index (χ0) is 13.2. The second-order valence-electron chi connectivity index (χ2n) is 4.97. The molecule has 3 rings (SSSR count). The van der Waals surface area contributed by atoms with Crippen LogP contribution in [-0.4, -0.2) is 34.1 Å². The van der Waals surface area contributed by atoms with Crippen molar-refractivity contribution in [3.63, 3.8) is 0 Å². The smallest absolute Gasteiger partial charge is 0.219 e. The normalized spacial score (nSPS) is 16.8. The number of nitrogens with zero attached hydrogens (tertiary/aromatic N) is 2. The molecular weight excluding hydrogens is 242 g/mol. The van der Waals surface area contributed by atoms with Crippen LogP contribution in [-0.2, 0) is 4.79 Å². The third kappa shape index (κ3) is 2.41. The second-order valence-corrected chi connectivity index (χ2v) is 4.97. The van der Waals surface area contributed by atoms with E-state index in [0.29, 0.717) is 5.92 Å². The SMILES string of the molecule is CC(=O)N1CCC(c2cc(-c3ccco3)n[nH]2)CC1. The van der Waals surface area contributed by atoms with E-state index >= 15 is 0 Å². The van der Waals surface area contributed by atoms with Crippen molar-refractivity contribution >= 4 is 5.91 Å². The van der Waals surface area contributed by atoms with Gasteiger partial charge in [-0.25, -0.2) is 0 Å². The minimum atomic E-state index is 0.166. The Bertz CT molecular complexity index is 551. The number of aromatic amines is 1. The van der Waals surface area contributed by atoms with E-state index in [2.05, 4.69) is 10.2 Å². The van der Waals surface area contributed by atoms with E-state index in [4.69, 9.17) is 4.42 Å². The predicted octanol–water partition coefficient (Wildman–Crippen LogP) is 2.40. The molecule has 19 heavy (non-hydrogen) atoms. The molecule has 0 spiro atoms. The Morgan fingerprint density at radius 1 is 1.47 bits per heavy atom. The minimum absolute atomic E-state index is 0.166. The van der Waals surface area contributed by atoms with Gasteiger partial charge in [0.05, 0.1) is 6.26 Å². The molecule has 2 aromatic heterocycles. The number of amides is 1. The number of aromatic nitrogens is 2. The first-order valence-electron chi connectivity index (χ1n) is 6.59. The largest absolute Gasteiger partial charge is 0.463 e. The number of likely N-dealkylation sites (tertiary alicyclic amines) is 1. The van der Waals surface area contributed by atoms with E-state index in [0.717, 1.165) is 43.1 Å². The van der Waals surface area contributed by atoms with Crippen LogP contribution in [0.1, 0.15) is 31.4 Å². The molecule has 0 aliphatic carbocycles. The van der Waals surface area contributed by atoms with Gasteiger partial charge in [-0.2, -0.15) is 5.10 Å². The Kier molecular flexibility index (Phi) is 3.11. The van der Waals surface area contributed by atoms with Gasteiger partial charge >= 0.3 is 0 Å². The fourth-order valence-electron chi connectivity index (χ4n) is 2.60. The van der Waals surface area contributed by atoms with Gasteiger partial charge in [0.15, 0.2) is 5.76 Å². The third-order valence-corrected chi connectivity index (χ3v) is 3.75. The summed E-state index contributed by atoms with van der Waals surface area (Å²) in [5.74, 6) is 1.40. The Morgan fingerprint density at radius 2 is 2.26 bits per heavy atom. The lowest BCUT2D eigenvalue weighted by atomic mass is 9.93. The number of hydrogen-bond acceptors (Lipinski definition) is 3. The molecule has 0 saturated carbocycles. The van der Waals surface area contributed by atoms with E-state index in [1.807, 2.05) is 23.1 Å². The molecule has 0 radical (unpaired) electrons. The van der Waals surface area contributed by atoms with Crippen LogP contribution in [0.4, 0.5) is 0 Å². The molecule has 2 aromatic rings. The van der Waals surface area contributed by atoms with Crippen molar-refractivity contribution in [2.45, 2.75) is 25.7 Å². The average molecular weight is 259 g/mol. The quantitative estimate of drug-likeness (QED) is 0.900. The molecule has 1 aliphatic heterocycles. The average Bonchev–Trinajstić information content (AvgIpc) is 3.10. The minimum Gasteiger partial charge on any atom is -0.463 e. The lowest BCUT2D eigenvalue weighted by molar-refractivity contribution is -0.129. The Morgan fingerprint density at radius 3 is 2.89 bits per heavy atom. The number of carbonyl (C=O) groups is 1. The lowest BCUT2D eigenvalue weighted by Gasteiger charge is -2.30. The summed E-state index contributed by atoms with van der Waals surface area (Å²) in [6.07, 6.45) is 3.62. The zero-order valence-corrected chi connectivity index (χ0v) is 10.9. The fourth-order valence-corrected chi connectivity index (χ4v) is 2.60. The number of furan rings is 1. The summed E-state index contributed by atoms with van der Waals surface area (Å²) in [6.45, 7) is 3.29. The molecule has 3 heterocycles. The first kappa shape index (κ1) is 12.0. The zero-order valence-electron chi connectivity index (χ0n) is 10.9. The van der Waals surface area contributed by atoms with E-state index < -0.39 is 0 Å². The van der Waals surface area contributed by atoms with Crippen LogP contribution in [0.15, 0.2) is 28.9 Å². The molecule has 1 N–H and O–H groups in total. The summed E-state index contributed by atoms with van der Waals surface area (Å²) in [7, 11) is 0. The van der Waals surface area contributed by atoms with Crippen molar-refractivity contribution in [2.75, 3.05) is 13.1 Å². The number of H-pyrrole nitrogens is 1. The van der Waals surface area contributed by atoms with Crippen LogP contribution < -0.4 is 0 Å². The van der Waals surface area contributed by atoms with E-state index in [1.165, 1.54) is 0 Å². The molecule has 1 fully saturated rings. The highest BCUT2D eigenvalue weighted by Crippen LogP contribution is 2.29. The summed E-state index contributed by atoms with van der Waals surface area (Å²) in [4.78, 5) is 13.2. The Hall–Kier alpha value is -2.04. The van der Waals surface area contributed by atoms with Crippen molar-refractivity contribution in [3.8, 4) is 11.5 Å². The molecule has 1 aliphatic rings. The van der Waals surface area contributed by atoms with E-state index in [-0.39, 0.29) is 5.91 Å². The Balaban J connectivity index is 1.69. The highest BCUT2D eigenvalue weighted by molar-refractivity contribution is 5.73.